The van der Waals surface area contributed by atoms with Crippen LogP contribution in [-0.2, 0) is 0 Å². The zero-order valence-electron chi connectivity index (χ0n) is 12.0. The zero-order chi connectivity index (χ0) is 15.4. The van der Waals surface area contributed by atoms with Crippen LogP contribution in [0.5, 0.6) is 5.88 Å². The largest absolute Gasteiger partial charge is 0.474 e. The first-order chi connectivity index (χ1) is 10.7. The molecule has 2 aromatic rings. The monoisotopic (exact) mass is 409 g/mol. The van der Waals surface area contributed by atoms with Crippen LogP contribution in [0.15, 0.2) is 42.9 Å². The van der Waals surface area contributed by atoms with Crippen molar-refractivity contribution in [3.8, 4) is 5.88 Å². The third-order valence-corrected chi connectivity index (χ3v) is 4.62. The van der Waals surface area contributed by atoms with Crippen molar-refractivity contribution < 1.29 is 9.53 Å². The summed E-state index contributed by atoms with van der Waals surface area (Å²) in [6.07, 6.45) is 4.89. The van der Waals surface area contributed by atoms with Crippen molar-refractivity contribution in [1.29, 1.82) is 0 Å². The van der Waals surface area contributed by atoms with E-state index < -0.39 is 0 Å². The van der Waals surface area contributed by atoms with Crippen molar-refractivity contribution in [3.63, 3.8) is 0 Å². The van der Waals surface area contributed by atoms with E-state index in [9.17, 15) is 4.79 Å². The molecule has 1 saturated heterocycles. The third-order valence-electron chi connectivity index (χ3n) is 3.68. The Morgan fingerprint density at radius 2 is 2.00 bits per heavy atom. The number of carbonyl (C=O) groups excluding carboxylic acids is 1. The number of ether oxygens (including phenoxy) is 1. The maximum atomic E-state index is 12.5. The Morgan fingerprint density at radius 1 is 1.23 bits per heavy atom. The van der Waals surface area contributed by atoms with Crippen molar-refractivity contribution in [2.45, 2.75) is 18.9 Å². The summed E-state index contributed by atoms with van der Waals surface area (Å²) in [7, 11) is 0. The second-order valence-electron chi connectivity index (χ2n) is 5.14. The van der Waals surface area contributed by atoms with Gasteiger partial charge in [-0.05, 0) is 34.7 Å². The summed E-state index contributed by atoms with van der Waals surface area (Å²) in [5.74, 6) is 0.697. The maximum absolute atomic E-state index is 12.5. The number of amides is 1. The lowest BCUT2D eigenvalue weighted by atomic mass is 10.1. The minimum absolute atomic E-state index is 0.102. The molecule has 6 heteroatoms. The number of carbonyl (C=O) groups is 1. The molecular weight excluding hydrogens is 393 g/mol. The van der Waals surface area contributed by atoms with E-state index in [-0.39, 0.29) is 12.0 Å². The lowest BCUT2D eigenvalue weighted by Gasteiger charge is -2.32. The number of hydrogen-bond donors (Lipinski definition) is 0. The number of hydrogen-bond acceptors (Lipinski definition) is 4. The van der Waals surface area contributed by atoms with E-state index in [4.69, 9.17) is 4.74 Å². The molecule has 5 nitrogen and oxygen atoms in total. The number of aromatic nitrogens is 2. The van der Waals surface area contributed by atoms with Crippen molar-refractivity contribution in [2.75, 3.05) is 13.1 Å². The molecule has 0 unspecified atom stereocenters. The third kappa shape index (κ3) is 3.55. The van der Waals surface area contributed by atoms with Crippen LogP contribution in [0.3, 0.4) is 0 Å². The molecule has 1 aromatic heterocycles. The van der Waals surface area contributed by atoms with Crippen LogP contribution in [-0.4, -0.2) is 40.0 Å². The lowest BCUT2D eigenvalue weighted by molar-refractivity contribution is 0.0586. The predicted molar refractivity (Wildman–Crippen MR) is 90.7 cm³/mol. The molecule has 0 N–H and O–H groups in total. The van der Waals surface area contributed by atoms with Gasteiger partial charge in [-0.15, -0.1) is 0 Å². The van der Waals surface area contributed by atoms with Gasteiger partial charge in [-0.2, -0.15) is 0 Å². The number of likely N-dealkylation sites (tertiary alicyclic amines) is 1. The van der Waals surface area contributed by atoms with Crippen LogP contribution >= 0.6 is 22.6 Å². The second-order valence-corrected chi connectivity index (χ2v) is 6.30. The van der Waals surface area contributed by atoms with E-state index in [0.29, 0.717) is 19.0 Å². The topological polar surface area (TPSA) is 55.3 Å². The standard InChI is InChI=1S/C16H16IN3O2/c17-14-4-2-1-3-13(14)16(21)20-9-6-12(7-10-20)22-15-5-8-18-11-19-15/h1-5,8,11-12H,6-7,9-10H2. The molecule has 1 aliphatic rings. The van der Waals surface area contributed by atoms with E-state index in [2.05, 4.69) is 32.6 Å². The van der Waals surface area contributed by atoms with Crippen LogP contribution in [0, 0.1) is 3.57 Å². The van der Waals surface area contributed by atoms with E-state index in [1.165, 1.54) is 6.33 Å². The van der Waals surface area contributed by atoms with Gasteiger partial charge in [0.05, 0.1) is 5.56 Å². The van der Waals surface area contributed by atoms with Crippen LogP contribution in [0.2, 0.25) is 0 Å². The van der Waals surface area contributed by atoms with E-state index in [1.54, 1.807) is 12.3 Å². The molecule has 1 amide bonds. The van der Waals surface area contributed by atoms with E-state index >= 15 is 0 Å². The van der Waals surface area contributed by atoms with Crippen LogP contribution < -0.4 is 4.74 Å². The second kappa shape index (κ2) is 7.04. The molecule has 1 aliphatic heterocycles. The summed E-state index contributed by atoms with van der Waals surface area (Å²) in [4.78, 5) is 22.4. The molecule has 0 atom stereocenters. The predicted octanol–water partition coefficient (Wildman–Crippen LogP) is 2.76. The Labute approximate surface area is 142 Å². The van der Waals surface area contributed by atoms with Gasteiger partial charge in [0.25, 0.3) is 5.91 Å². The zero-order valence-corrected chi connectivity index (χ0v) is 14.1. The molecule has 2 heterocycles. The fourth-order valence-corrected chi connectivity index (χ4v) is 3.12. The summed E-state index contributed by atoms with van der Waals surface area (Å²) >= 11 is 2.20. The number of nitrogens with zero attached hydrogens (tertiary/aromatic N) is 3. The molecule has 0 saturated carbocycles. The Balaban J connectivity index is 1.58. The molecule has 1 aromatic carbocycles. The van der Waals surface area contributed by atoms with Gasteiger partial charge in [-0.3, -0.25) is 4.79 Å². The Kier molecular flexibility index (Phi) is 4.87. The van der Waals surface area contributed by atoms with Gasteiger partial charge >= 0.3 is 0 Å². The van der Waals surface area contributed by atoms with Crippen molar-refractivity contribution in [3.05, 3.63) is 52.0 Å². The normalized spacial score (nSPS) is 15.6. The highest BCUT2D eigenvalue weighted by Gasteiger charge is 2.25. The minimum atomic E-state index is 0.102. The van der Waals surface area contributed by atoms with Gasteiger partial charge in [-0.1, -0.05) is 12.1 Å². The number of benzene rings is 1. The van der Waals surface area contributed by atoms with Crippen molar-refractivity contribution in [1.82, 2.24) is 14.9 Å². The summed E-state index contributed by atoms with van der Waals surface area (Å²) in [5, 5.41) is 0. The minimum Gasteiger partial charge on any atom is -0.474 e. The van der Waals surface area contributed by atoms with Gasteiger partial charge < -0.3 is 9.64 Å². The van der Waals surface area contributed by atoms with Crippen molar-refractivity contribution >= 4 is 28.5 Å². The van der Waals surface area contributed by atoms with Gasteiger partial charge in [0, 0.05) is 41.8 Å². The number of piperidine rings is 1. The quantitative estimate of drug-likeness (QED) is 0.732. The Morgan fingerprint density at radius 3 is 2.68 bits per heavy atom. The van der Waals surface area contributed by atoms with Gasteiger partial charge in [0.15, 0.2) is 0 Å². The smallest absolute Gasteiger partial charge is 0.254 e. The molecule has 1 fully saturated rings. The summed E-state index contributed by atoms with van der Waals surface area (Å²) in [5.41, 5.74) is 0.776. The first kappa shape index (κ1) is 15.2. The van der Waals surface area contributed by atoms with E-state index in [0.717, 1.165) is 22.0 Å². The van der Waals surface area contributed by atoms with E-state index in [1.807, 2.05) is 29.2 Å². The first-order valence-corrected chi connectivity index (χ1v) is 8.28. The fourth-order valence-electron chi connectivity index (χ4n) is 2.50. The average molecular weight is 409 g/mol. The number of rotatable bonds is 3. The molecule has 0 bridgehead atoms. The molecule has 22 heavy (non-hydrogen) atoms. The highest BCUT2D eigenvalue weighted by molar-refractivity contribution is 14.1. The van der Waals surface area contributed by atoms with Gasteiger partial charge in [0.2, 0.25) is 5.88 Å². The molecular formula is C16H16IN3O2. The maximum Gasteiger partial charge on any atom is 0.254 e. The van der Waals surface area contributed by atoms with Gasteiger partial charge in [-0.25, -0.2) is 9.97 Å². The molecule has 114 valence electrons. The highest BCUT2D eigenvalue weighted by Crippen LogP contribution is 2.20. The lowest BCUT2D eigenvalue weighted by Crippen LogP contribution is -2.42. The van der Waals surface area contributed by atoms with Gasteiger partial charge in [0.1, 0.15) is 12.4 Å². The van der Waals surface area contributed by atoms with Crippen LogP contribution in [0.1, 0.15) is 23.2 Å². The number of halogens is 1. The SMILES string of the molecule is O=C(c1ccccc1I)N1CCC(Oc2ccncn2)CC1. The summed E-state index contributed by atoms with van der Waals surface area (Å²) < 4.78 is 6.81. The van der Waals surface area contributed by atoms with Crippen LogP contribution in [0.25, 0.3) is 0 Å². The molecule has 0 radical (unpaired) electrons. The van der Waals surface area contributed by atoms with Crippen molar-refractivity contribution in [2.24, 2.45) is 0 Å². The molecule has 0 aliphatic carbocycles. The van der Waals surface area contributed by atoms with Crippen LogP contribution in [0.4, 0.5) is 0 Å². The Bertz CT molecular complexity index is 643. The fraction of sp³-hybridized carbons (Fsp3) is 0.312. The molecule has 3 rings (SSSR count). The summed E-state index contributed by atoms with van der Waals surface area (Å²) in [6, 6.07) is 9.44. The first-order valence-electron chi connectivity index (χ1n) is 7.20. The average Bonchev–Trinajstić information content (AvgIpc) is 2.56. The molecule has 0 spiro atoms. The summed E-state index contributed by atoms with van der Waals surface area (Å²) in [6.45, 7) is 1.42. The highest BCUT2D eigenvalue weighted by atomic mass is 127. The Hall–Kier alpha value is -1.70.